The molecule has 0 spiro atoms. The Morgan fingerprint density at radius 3 is 2.48 bits per heavy atom. The highest BCUT2D eigenvalue weighted by atomic mass is 16.6. The van der Waals surface area contributed by atoms with E-state index < -0.39 is 10.9 Å². The predicted octanol–water partition coefficient (Wildman–Crippen LogP) is 2.30. The van der Waals surface area contributed by atoms with Gasteiger partial charge < -0.3 is 14.8 Å². The number of non-ortho nitro benzene ring substituents is 1. The van der Waals surface area contributed by atoms with E-state index in [1.54, 1.807) is 0 Å². The monoisotopic (exact) mass is 431 g/mol. The Labute approximate surface area is 181 Å². The Morgan fingerprint density at radius 2 is 1.84 bits per heavy atom. The molecule has 0 unspecified atom stereocenters. The van der Waals surface area contributed by atoms with Crippen molar-refractivity contribution in [3.05, 3.63) is 46.0 Å². The van der Waals surface area contributed by atoms with E-state index in [1.165, 1.54) is 42.8 Å². The molecule has 9 nitrogen and oxygen atoms in total. The minimum absolute atomic E-state index is 0.0239. The zero-order valence-electron chi connectivity index (χ0n) is 17.6. The number of benzene rings is 1. The van der Waals surface area contributed by atoms with Crippen LogP contribution < -0.4 is 5.32 Å². The Hall–Kier alpha value is -2.78. The number of nitrogens with one attached hydrogen (secondary N) is 1. The number of hydrogen-bond acceptors (Lipinski definition) is 7. The van der Waals surface area contributed by atoms with Crippen molar-refractivity contribution in [1.82, 2.24) is 10.2 Å². The highest BCUT2D eigenvalue weighted by Gasteiger charge is 2.38. The van der Waals surface area contributed by atoms with Crippen LogP contribution in [0.5, 0.6) is 0 Å². The molecular weight excluding hydrogens is 402 g/mol. The van der Waals surface area contributed by atoms with Gasteiger partial charge in [-0.15, -0.1) is 0 Å². The summed E-state index contributed by atoms with van der Waals surface area (Å²) in [6.45, 7) is 3.38. The van der Waals surface area contributed by atoms with Crippen LogP contribution in [-0.2, 0) is 19.1 Å². The van der Waals surface area contributed by atoms with Gasteiger partial charge in [-0.25, -0.2) is 4.79 Å². The second-order valence-electron chi connectivity index (χ2n) is 7.95. The molecule has 3 rings (SSSR count). The summed E-state index contributed by atoms with van der Waals surface area (Å²) in [7, 11) is 0. The number of amides is 1. The SMILES string of the molecule is O=C(COC(=O)C=Cc1ccc([N+](=O)[O-])cc1)NCC1(N2CCOCC2)CCCCC1. The number of rotatable bonds is 8. The zero-order valence-corrected chi connectivity index (χ0v) is 17.6. The minimum Gasteiger partial charge on any atom is -0.452 e. The molecule has 1 saturated heterocycles. The van der Waals surface area contributed by atoms with Crippen molar-refractivity contribution in [2.45, 2.75) is 37.6 Å². The summed E-state index contributed by atoms with van der Waals surface area (Å²) in [6.07, 6.45) is 8.30. The van der Waals surface area contributed by atoms with Gasteiger partial charge >= 0.3 is 5.97 Å². The lowest BCUT2D eigenvalue weighted by atomic mass is 9.79. The Morgan fingerprint density at radius 1 is 1.16 bits per heavy atom. The molecule has 1 aliphatic heterocycles. The summed E-state index contributed by atoms with van der Waals surface area (Å²) in [5.74, 6) is -0.968. The molecule has 0 radical (unpaired) electrons. The Balaban J connectivity index is 1.45. The van der Waals surface area contributed by atoms with E-state index in [2.05, 4.69) is 10.2 Å². The molecule has 2 aliphatic rings. The van der Waals surface area contributed by atoms with Gasteiger partial charge in [0, 0.05) is 43.4 Å². The maximum absolute atomic E-state index is 12.3. The van der Waals surface area contributed by atoms with E-state index in [0.717, 1.165) is 38.8 Å². The Bertz CT molecular complexity index is 796. The third kappa shape index (κ3) is 6.60. The van der Waals surface area contributed by atoms with Gasteiger partial charge in [0.15, 0.2) is 6.61 Å². The van der Waals surface area contributed by atoms with Gasteiger partial charge in [-0.3, -0.25) is 19.8 Å². The quantitative estimate of drug-likeness (QED) is 0.291. The van der Waals surface area contributed by atoms with Crippen molar-refractivity contribution in [2.24, 2.45) is 0 Å². The van der Waals surface area contributed by atoms with E-state index in [1.807, 2.05) is 0 Å². The lowest BCUT2D eigenvalue weighted by molar-refractivity contribution is -0.384. The molecule has 1 N–H and O–H groups in total. The van der Waals surface area contributed by atoms with Gasteiger partial charge in [-0.2, -0.15) is 0 Å². The number of nitrogens with zero attached hydrogens (tertiary/aromatic N) is 2. The maximum Gasteiger partial charge on any atom is 0.331 e. The molecule has 1 heterocycles. The first-order chi connectivity index (χ1) is 15.0. The smallest absolute Gasteiger partial charge is 0.331 e. The summed E-state index contributed by atoms with van der Waals surface area (Å²) in [6, 6.07) is 5.77. The number of nitro groups is 1. The first kappa shape index (κ1) is 22.9. The second-order valence-corrected chi connectivity index (χ2v) is 7.95. The number of nitro benzene ring substituents is 1. The second kappa shape index (κ2) is 11.0. The van der Waals surface area contributed by atoms with Gasteiger partial charge in [0.25, 0.3) is 11.6 Å². The number of carbonyl (C=O) groups is 2. The molecule has 168 valence electrons. The lowest BCUT2D eigenvalue weighted by Crippen LogP contribution is -2.59. The van der Waals surface area contributed by atoms with E-state index >= 15 is 0 Å². The lowest BCUT2D eigenvalue weighted by Gasteiger charge is -2.48. The highest BCUT2D eigenvalue weighted by molar-refractivity contribution is 5.89. The molecular formula is C22H29N3O6. The fraction of sp³-hybridized carbons (Fsp3) is 0.545. The van der Waals surface area contributed by atoms with Crippen LogP contribution in [0.15, 0.2) is 30.3 Å². The summed E-state index contributed by atoms with van der Waals surface area (Å²) < 4.78 is 10.5. The van der Waals surface area contributed by atoms with Crippen LogP contribution in [-0.4, -0.2) is 66.7 Å². The molecule has 0 aromatic heterocycles. The third-order valence-electron chi connectivity index (χ3n) is 5.94. The first-order valence-electron chi connectivity index (χ1n) is 10.7. The van der Waals surface area contributed by atoms with E-state index in [-0.39, 0.29) is 23.7 Å². The zero-order chi connectivity index (χ0) is 22.1. The molecule has 0 atom stereocenters. The fourth-order valence-corrected chi connectivity index (χ4v) is 4.22. The van der Waals surface area contributed by atoms with Gasteiger partial charge in [0.1, 0.15) is 0 Å². The van der Waals surface area contributed by atoms with Crippen LogP contribution in [0.2, 0.25) is 0 Å². The van der Waals surface area contributed by atoms with Crippen molar-refractivity contribution in [3.8, 4) is 0 Å². The Kier molecular flexibility index (Phi) is 8.13. The van der Waals surface area contributed by atoms with Crippen molar-refractivity contribution in [1.29, 1.82) is 0 Å². The summed E-state index contributed by atoms with van der Waals surface area (Å²) >= 11 is 0. The molecule has 1 saturated carbocycles. The van der Waals surface area contributed by atoms with Crippen molar-refractivity contribution >= 4 is 23.6 Å². The van der Waals surface area contributed by atoms with E-state index in [9.17, 15) is 19.7 Å². The average molecular weight is 431 g/mol. The number of esters is 1. The maximum atomic E-state index is 12.3. The van der Waals surface area contributed by atoms with Crippen molar-refractivity contribution in [3.63, 3.8) is 0 Å². The fourth-order valence-electron chi connectivity index (χ4n) is 4.22. The molecule has 1 aliphatic carbocycles. The largest absolute Gasteiger partial charge is 0.452 e. The summed E-state index contributed by atoms with van der Waals surface area (Å²) in [5.41, 5.74) is 0.554. The van der Waals surface area contributed by atoms with Crippen LogP contribution in [0, 0.1) is 10.1 Å². The average Bonchev–Trinajstić information content (AvgIpc) is 2.81. The van der Waals surface area contributed by atoms with E-state index in [0.29, 0.717) is 25.3 Å². The van der Waals surface area contributed by atoms with Crippen LogP contribution in [0.4, 0.5) is 5.69 Å². The number of ether oxygens (including phenoxy) is 2. The molecule has 1 aromatic carbocycles. The molecule has 31 heavy (non-hydrogen) atoms. The van der Waals surface area contributed by atoms with E-state index in [4.69, 9.17) is 9.47 Å². The first-order valence-corrected chi connectivity index (χ1v) is 10.7. The van der Waals surface area contributed by atoms with Crippen molar-refractivity contribution in [2.75, 3.05) is 39.5 Å². The van der Waals surface area contributed by atoms with Crippen LogP contribution >= 0.6 is 0 Å². The van der Waals surface area contributed by atoms with Crippen LogP contribution in [0.1, 0.15) is 37.7 Å². The normalized spacial score (nSPS) is 19.1. The molecule has 9 heteroatoms. The molecule has 2 fully saturated rings. The number of carbonyl (C=O) groups excluding carboxylic acids is 2. The van der Waals surface area contributed by atoms with Crippen LogP contribution in [0.3, 0.4) is 0 Å². The van der Waals surface area contributed by atoms with Gasteiger partial charge in [0.2, 0.25) is 0 Å². The third-order valence-corrected chi connectivity index (χ3v) is 5.94. The standard InChI is InChI=1S/C22H29N3O6/c26-20(16-31-21(27)9-6-18-4-7-19(8-5-18)25(28)29)23-17-22(10-2-1-3-11-22)24-12-14-30-15-13-24/h4-9H,1-3,10-17H2,(H,23,26). The summed E-state index contributed by atoms with van der Waals surface area (Å²) in [4.78, 5) is 36.8. The summed E-state index contributed by atoms with van der Waals surface area (Å²) in [5, 5.41) is 13.6. The van der Waals surface area contributed by atoms with Crippen LogP contribution in [0.25, 0.3) is 6.08 Å². The van der Waals surface area contributed by atoms with Gasteiger partial charge in [0.05, 0.1) is 18.1 Å². The predicted molar refractivity (Wildman–Crippen MR) is 114 cm³/mol. The van der Waals surface area contributed by atoms with Gasteiger partial charge in [-0.1, -0.05) is 19.3 Å². The molecule has 0 bridgehead atoms. The van der Waals surface area contributed by atoms with Crippen molar-refractivity contribution < 1.29 is 24.0 Å². The molecule has 1 amide bonds. The highest BCUT2D eigenvalue weighted by Crippen LogP contribution is 2.33. The topological polar surface area (TPSA) is 111 Å². The number of morpholine rings is 1. The minimum atomic E-state index is -0.644. The van der Waals surface area contributed by atoms with Gasteiger partial charge in [-0.05, 0) is 36.6 Å². The number of hydrogen-bond donors (Lipinski definition) is 1. The molecule has 1 aromatic rings.